The predicted molar refractivity (Wildman–Crippen MR) is 135 cm³/mol. The average Bonchev–Trinajstić information content (AvgIpc) is 2.77. The largest absolute Gasteiger partial charge is 0.444 e. The maximum absolute atomic E-state index is 13.6. The van der Waals surface area contributed by atoms with Crippen LogP contribution in [0.3, 0.4) is 0 Å². The highest BCUT2D eigenvalue weighted by molar-refractivity contribution is 5.99. The molecule has 0 saturated heterocycles. The monoisotopic (exact) mass is 467 g/mol. The molecule has 0 aliphatic heterocycles. The van der Waals surface area contributed by atoms with E-state index in [1.165, 1.54) is 4.90 Å². The number of ether oxygens (including phenoxy) is 1. The second-order valence-corrected chi connectivity index (χ2v) is 9.29. The van der Waals surface area contributed by atoms with Crippen LogP contribution in [0, 0.1) is 13.8 Å². The van der Waals surface area contributed by atoms with Crippen LogP contribution in [0.5, 0.6) is 0 Å². The molecule has 0 aromatic heterocycles. The molecule has 184 valence electrons. The van der Waals surface area contributed by atoms with Crippen LogP contribution in [0.25, 0.3) is 0 Å². The number of benzene rings is 2. The zero-order valence-electron chi connectivity index (χ0n) is 21.3. The zero-order chi connectivity index (χ0) is 25.5. The summed E-state index contributed by atoms with van der Waals surface area (Å²) in [5.74, 6) is -0.691. The van der Waals surface area contributed by atoms with Gasteiger partial charge in [0.1, 0.15) is 18.2 Å². The van der Waals surface area contributed by atoms with E-state index in [4.69, 9.17) is 4.74 Å². The van der Waals surface area contributed by atoms with Gasteiger partial charge in [-0.15, -0.1) is 0 Å². The lowest BCUT2D eigenvalue weighted by Gasteiger charge is -2.31. The van der Waals surface area contributed by atoms with E-state index in [0.29, 0.717) is 5.56 Å². The van der Waals surface area contributed by atoms with Crippen LogP contribution in [0.2, 0.25) is 0 Å². The number of hydrogen-bond acceptors (Lipinski definition) is 4. The van der Waals surface area contributed by atoms with Crippen LogP contribution in [-0.2, 0) is 20.7 Å². The van der Waals surface area contributed by atoms with Gasteiger partial charge in [-0.1, -0.05) is 49.4 Å². The smallest absolute Gasteiger partial charge is 0.408 e. The molecule has 2 aromatic carbocycles. The molecule has 0 fully saturated rings. The molecule has 1 unspecified atom stereocenters. The van der Waals surface area contributed by atoms with Gasteiger partial charge in [0, 0.05) is 12.2 Å². The van der Waals surface area contributed by atoms with Gasteiger partial charge in [-0.25, -0.2) is 4.79 Å². The summed E-state index contributed by atoms with van der Waals surface area (Å²) >= 11 is 0. The van der Waals surface area contributed by atoms with Crippen LogP contribution in [0.4, 0.5) is 10.5 Å². The molecule has 2 aromatic rings. The molecule has 3 amide bonds. The Labute approximate surface area is 202 Å². The summed E-state index contributed by atoms with van der Waals surface area (Å²) in [5.41, 5.74) is 3.78. The Morgan fingerprint density at radius 2 is 1.56 bits per heavy atom. The van der Waals surface area contributed by atoms with Crippen molar-refractivity contribution in [2.45, 2.75) is 66.5 Å². The van der Waals surface area contributed by atoms with Crippen LogP contribution < -0.4 is 10.6 Å². The number of alkyl carbamates (subject to hydrolysis) is 1. The highest BCUT2D eigenvalue weighted by atomic mass is 16.6. The van der Waals surface area contributed by atoms with Crippen molar-refractivity contribution in [2.75, 3.05) is 18.4 Å². The number of likely N-dealkylation sites (N-methyl/N-ethyl adjacent to an activating group) is 1. The number of hydrogen-bond donors (Lipinski definition) is 2. The van der Waals surface area contributed by atoms with E-state index in [1.54, 1.807) is 20.8 Å². The number of carbonyl (C=O) groups is 3. The quantitative estimate of drug-likeness (QED) is 0.577. The molecule has 34 heavy (non-hydrogen) atoms. The lowest BCUT2D eigenvalue weighted by atomic mass is 10.0. The first-order chi connectivity index (χ1) is 16.0. The van der Waals surface area contributed by atoms with Crippen LogP contribution >= 0.6 is 0 Å². The van der Waals surface area contributed by atoms with Gasteiger partial charge >= 0.3 is 6.09 Å². The standard InChI is InChI=1S/C27H37N3O4/c1-8-20-13-15-21(16-14-20)24(25(32)29-23-18(3)11-10-12-19(23)4)30(9-2)22(31)17-28-26(33)34-27(5,6)7/h10-16,24H,8-9,17H2,1-7H3,(H,28,33)(H,29,32). The summed E-state index contributed by atoms with van der Waals surface area (Å²) in [4.78, 5) is 40.3. The van der Waals surface area contributed by atoms with Crippen molar-refractivity contribution in [3.8, 4) is 0 Å². The molecule has 2 N–H and O–H groups in total. The topological polar surface area (TPSA) is 87.7 Å². The fourth-order valence-corrected chi connectivity index (χ4v) is 3.68. The number of rotatable bonds is 8. The SMILES string of the molecule is CCc1ccc(C(C(=O)Nc2c(C)cccc2C)N(CC)C(=O)CNC(=O)OC(C)(C)C)cc1. The molecular weight excluding hydrogens is 430 g/mol. The maximum Gasteiger partial charge on any atom is 0.408 e. The summed E-state index contributed by atoms with van der Waals surface area (Å²) in [6, 6.07) is 12.6. The molecule has 7 nitrogen and oxygen atoms in total. The van der Waals surface area contributed by atoms with Crippen molar-refractivity contribution in [1.29, 1.82) is 0 Å². The molecule has 1 atom stereocenters. The van der Waals surface area contributed by atoms with Crippen molar-refractivity contribution in [2.24, 2.45) is 0 Å². The van der Waals surface area contributed by atoms with Crippen molar-refractivity contribution in [3.63, 3.8) is 0 Å². The Hall–Kier alpha value is -3.35. The van der Waals surface area contributed by atoms with E-state index in [-0.39, 0.29) is 24.9 Å². The van der Waals surface area contributed by atoms with Gasteiger partial charge in [-0.3, -0.25) is 9.59 Å². The molecule has 2 rings (SSSR count). The van der Waals surface area contributed by atoms with Gasteiger partial charge < -0.3 is 20.3 Å². The van der Waals surface area contributed by atoms with E-state index in [9.17, 15) is 14.4 Å². The van der Waals surface area contributed by atoms with Gasteiger partial charge in [0.25, 0.3) is 5.91 Å². The van der Waals surface area contributed by atoms with E-state index in [0.717, 1.165) is 28.8 Å². The zero-order valence-corrected chi connectivity index (χ0v) is 21.3. The first kappa shape index (κ1) is 26.9. The van der Waals surface area contributed by atoms with Gasteiger partial charge in [0.05, 0.1) is 0 Å². The summed E-state index contributed by atoms with van der Waals surface area (Å²) in [6.45, 7) is 13.0. The Balaban J connectivity index is 2.33. The van der Waals surface area contributed by atoms with Crippen LogP contribution in [-0.4, -0.2) is 41.5 Å². The van der Waals surface area contributed by atoms with Crippen LogP contribution in [0.15, 0.2) is 42.5 Å². The Morgan fingerprint density at radius 1 is 0.971 bits per heavy atom. The molecule has 0 saturated carbocycles. The number of para-hydroxylation sites is 1. The number of nitrogens with one attached hydrogen (secondary N) is 2. The summed E-state index contributed by atoms with van der Waals surface area (Å²) in [5, 5.41) is 5.53. The van der Waals surface area contributed by atoms with Crippen molar-refractivity contribution in [3.05, 3.63) is 64.7 Å². The molecule has 0 aliphatic rings. The number of carbonyl (C=O) groups excluding carboxylic acids is 3. The van der Waals surface area contributed by atoms with E-state index in [1.807, 2.05) is 63.2 Å². The van der Waals surface area contributed by atoms with Crippen LogP contribution in [0.1, 0.15) is 62.9 Å². The first-order valence-electron chi connectivity index (χ1n) is 11.7. The second-order valence-electron chi connectivity index (χ2n) is 9.29. The normalized spacial score (nSPS) is 12.0. The maximum atomic E-state index is 13.6. The van der Waals surface area contributed by atoms with E-state index >= 15 is 0 Å². The fraction of sp³-hybridized carbons (Fsp3) is 0.444. The van der Waals surface area contributed by atoms with E-state index < -0.39 is 17.7 Å². The third-order valence-electron chi connectivity index (χ3n) is 5.44. The molecule has 0 spiro atoms. The van der Waals surface area contributed by atoms with Gasteiger partial charge in [0.2, 0.25) is 5.91 Å². The Morgan fingerprint density at radius 3 is 2.06 bits per heavy atom. The molecular formula is C27H37N3O4. The van der Waals surface area contributed by atoms with Crippen molar-refractivity contribution in [1.82, 2.24) is 10.2 Å². The second kappa shape index (κ2) is 11.7. The van der Waals surface area contributed by atoms with Gasteiger partial charge in [0.15, 0.2) is 0 Å². The summed E-state index contributed by atoms with van der Waals surface area (Å²) < 4.78 is 5.22. The van der Waals surface area contributed by atoms with Gasteiger partial charge in [-0.2, -0.15) is 0 Å². The third kappa shape index (κ3) is 7.33. The molecule has 0 radical (unpaired) electrons. The molecule has 0 heterocycles. The lowest BCUT2D eigenvalue weighted by molar-refractivity contribution is -0.138. The van der Waals surface area contributed by atoms with Crippen molar-refractivity contribution < 1.29 is 19.1 Å². The third-order valence-corrected chi connectivity index (χ3v) is 5.44. The minimum atomic E-state index is -0.858. The summed E-state index contributed by atoms with van der Waals surface area (Å²) in [7, 11) is 0. The van der Waals surface area contributed by atoms with E-state index in [2.05, 4.69) is 17.6 Å². The highest BCUT2D eigenvalue weighted by Crippen LogP contribution is 2.26. The molecule has 7 heteroatoms. The highest BCUT2D eigenvalue weighted by Gasteiger charge is 2.31. The first-order valence-corrected chi connectivity index (χ1v) is 11.7. The van der Waals surface area contributed by atoms with Gasteiger partial charge in [-0.05, 0) is 70.2 Å². The number of nitrogens with zero attached hydrogens (tertiary/aromatic N) is 1. The number of aryl methyl sites for hydroxylation is 3. The Kier molecular flexibility index (Phi) is 9.24. The number of amides is 3. The minimum Gasteiger partial charge on any atom is -0.444 e. The fourth-order valence-electron chi connectivity index (χ4n) is 3.68. The predicted octanol–water partition coefficient (Wildman–Crippen LogP) is 4.92. The van der Waals surface area contributed by atoms with Crippen molar-refractivity contribution >= 4 is 23.6 Å². The average molecular weight is 468 g/mol. The Bertz CT molecular complexity index is 989. The minimum absolute atomic E-state index is 0.275. The number of anilines is 1. The summed E-state index contributed by atoms with van der Waals surface area (Å²) in [6.07, 6.45) is 0.191. The lowest BCUT2D eigenvalue weighted by Crippen LogP contribution is -2.46. The molecule has 0 aliphatic carbocycles. The molecule has 0 bridgehead atoms.